The molecule has 1 fully saturated rings. The van der Waals surface area contributed by atoms with E-state index >= 15 is 0 Å². The zero-order valence-corrected chi connectivity index (χ0v) is 18.8. The predicted octanol–water partition coefficient (Wildman–Crippen LogP) is 6.14. The van der Waals surface area contributed by atoms with Gasteiger partial charge in [-0.3, -0.25) is 0 Å². The first kappa shape index (κ1) is 20.9. The number of rotatable bonds is 5. The molecule has 0 radical (unpaired) electrons. The van der Waals surface area contributed by atoms with Crippen molar-refractivity contribution in [3.63, 3.8) is 0 Å². The van der Waals surface area contributed by atoms with Crippen molar-refractivity contribution in [3.05, 3.63) is 71.1 Å². The van der Waals surface area contributed by atoms with Gasteiger partial charge < -0.3 is 13.8 Å². The van der Waals surface area contributed by atoms with Crippen molar-refractivity contribution >= 4 is 11.0 Å². The van der Waals surface area contributed by atoms with Crippen molar-refractivity contribution in [1.82, 2.24) is 14.7 Å². The van der Waals surface area contributed by atoms with Gasteiger partial charge in [0.05, 0.1) is 16.7 Å². The normalized spacial score (nSPS) is 16.0. The molecule has 0 spiro atoms. The quantitative estimate of drug-likeness (QED) is 0.379. The van der Waals surface area contributed by atoms with Crippen molar-refractivity contribution in [3.8, 4) is 11.1 Å². The molecule has 6 heteroatoms. The van der Waals surface area contributed by atoms with Crippen molar-refractivity contribution < 1.29 is 13.7 Å². The number of imidazole rings is 1. The number of aryl methyl sites for hydroxylation is 2. The lowest BCUT2D eigenvalue weighted by atomic mass is 9.99. The molecule has 0 aliphatic carbocycles. The van der Waals surface area contributed by atoms with Gasteiger partial charge in [-0.25, -0.2) is 9.37 Å². The molecule has 1 aliphatic rings. The standard InChI is InChI=1S/C26H28FN3O2/c1-16(14-19-4-7-21(27)8-5-19)26-28-23-15-20(25-17(2)29-32-18(25)3)6-9-24(23)30(26)22-10-12-31-13-11-22/h4-9,15-16,22H,10-14H2,1-3H3. The molecule has 32 heavy (non-hydrogen) atoms. The molecule has 3 heterocycles. The topological polar surface area (TPSA) is 53.1 Å². The van der Waals surface area contributed by atoms with Gasteiger partial charge in [-0.05, 0) is 68.5 Å². The van der Waals surface area contributed by atoms with Gasteiger partial charge in [-0.2, -0.15) is 0 Å². The summed E-state index contributed by atoms with van der Waals surface area (Å²) >= 11 is 0. The van der Waals surface area contributed by atoms with E-state index in [1.165, 1.54) is 12.1 Å². The lowest BCUT2D eigenvalue weighted by molar-refractivity contribution is 0.0696. The molecule has 166 valence electrons. The summed E-state index contributed by atoms with van der Waals surface area (Å²) in [6.45, 7) is 7.65. The Kier molecular flexibility index (Phi) is 5.55. The third-order valence-electron chi connectivity index (χ3n) is 6.49. The van der Waals surface area contributed by atoms with Crippen molar-refractivity contribution in [1.29, 1.82) is 0 Å². The highest BCUT2D eigenvalue weighted by molar-refractivity contribution is 5.84. The smallest absolute Gasteiger partial charge is 0.141 e. The largest absolute Gasteiger partial charge is 0.381 e. The predicted molar refractivity (Wildman–Crippen MR) is 122 cm³/mol. The van der Waals surface area contributed by atoms with Crippen LogP contribution in [0.1, 0.15) is 54.6 Å². The number of benzene rings is 2. The zero-order chi connectivity index (χ0) is 22.2. The van der Waals surface area contributed by atoms with E-state index in [9.17, 15) is 4.39 Å². The SMILES string of the molecule is Cc1noc(C)c1-c1ccc2c(c1)nc(C(C)Cc1ccc(F)cc1)n2C1CCOCC1. The summed E-state index contributed by atoms with van der Waals surface area (Å²) in [6, 6.07) is 13.6. The summed E-state index contributed by atoms with van der Waals surface area (Å²) in [4.78, 5) is 5.13. The van der Waals surface area contributed by atoms with E-state index in [-0.39, 0.29) is 11.7 Å². The van der Waals surface area contributed by atoms with Crippen LogP contribution in [-0.4, -0.2) is 27.9 Å². The lowest BCUT2D eigenvalue weighted by Gasteiger charge is -2.27. The van der Waals surface area contributed by atoms with E-state index in [1.807, 2.05) is 26.0 Å². The minimum atomic E-state index is -0.206. The summed E-state index contributed by atoms with van der Waals surface area (Å²) in [6.07, 6.45) is 2.77. The number of aromatic nitrogens is 3. The van der Waals surface area contributed by atoms with Crippen LogP contribution in [0.2, 0.25) is 0 Å². The Hall–Kier alpha value is -2.99. The molecule has 2 aromatic carbocycles. The molecular formula is C26H28FN3O2. The highest BCUT2D eigenvalue weighted by Crippen LogP contribution is 2.35. The van der Waals surface area contributed by atoms with Crippen LogP contribution in [0.3, 0.4) is 0 Å². The first-order chi connectivity index (χ1) is 15.5. The minimum absolute atomic E-state index is 0.193. The fourth-order valence-electron chi connectivity index (χ4n) is 4.91. The maximum absolute atomic E-state index is 13.4. The van der Waals surface area contributed by atoms with E-state index in [2.05, 4.69) is 34.8 Å². The maximum Gasteiger partial charge on any atom is 0.141 e. The van der Waals surface area contributed by atoms with Crippen LogP contribution in [0.4, 0.5) is 4.39 Å². The minimum Gasteiger partial charge on any atom is -0.381 e. The third-order valence-corrected chi connectivity index (χ3v) is 6.49. The second-order valence-corrected chi connectivity index (χ2v) is 8.82. The number of fused-ring (bicyclic) bond motifs is 1. The van der Waals surface area contributed by atoms with Gasteiger partial charge in [0, 0.05) is 30.7 Å². The average Bonchev–Trinajstić information content (AvgIpc) is 3.35. The van der Waals surface area contributed by atoms with Crippen LogP contribution >= 0.6 is 0 Å². The molecule has 1 saturated heterocycles. The monoisotopic (exact) mass is 433 g/mol. The number of ether oxygens (including phenoxy) is 1. The third kappa shape index (κ3) is 3.84. The van der Waals surface area contributed by atoms with E-state index in [1.54, 1.807) is 0 Å². The van der Waals surface area contributed by atoms with Gasteiger partial charge in [0.25, 0.3) is 0 Å². The highest BCUT2D eigenvalue weighted by atomic mass is 19.1. The molecular weight excluding hydrogens is 405 g/mol. The fourth-order valence-corrected chi connectivity index (χ4v) is 4.91. The van der Waals surface area contributed by atoms with Crippen LogP contribution in [0.15, 0.2) is 47.0 Å². The fraction of sp³-hybridized carbons (Fsp3) is 0.385. The van der Waals surface area contributed by atoms with Crippen LogP contribution in [-0.2, 0) is 11.2 Å². The highest BCUT2D eigenvalue weighted by Gasteiger charge is 2.25. The molecule has 1 atom stereocenters. The number of hydrogen-bond donors (Lipinski definition) is 0. The summed E-state index contributed by atoms with van der Waals surface area (Å²) in [5, 5.41) is 4.11. The van der Waals surface area contributed by atoms with E-state index in [0.29, 0.717) is 6.04 Å². The molecule has 1 unspecified atom stereocenters. The number of nitrogens with zero attached hydrogens (tertiary/aromatic N) is 3. The van der Waals surface area contributed by atoms with Crippen LogP contribution in [0.25, 0.3) is 22.2 Å². The molecule has 5 rings (SSSR count). The van der Waals surface area contributed by atoms with Gasteiger partial charge in [0.1, 0.15) is 17.4 Å². The molecule has 0 amide bonds. The van der Waals surface area contributed by atoms with Gasteiger partial charge in [-0.1, -0.05) is 30.3 Å². The summed E-state index contributed by atoms with van der Waals surface area (Å²) in [7, 11) is 0. The number of hydrogen-bond acceptors (Lipinski definition) is 4. The van der Waals surface area contributed by atoms with Crippen molar-refractivity contribution in [2.45, 2.75) is 52.0 Å². The van der Waals surface area contributed by atoms with Gasteiger partial charge >= 0.3 is 0 Å². The Labute approximate surface area is 187 Å². The molecule has 2 aromatic heterocycles. The average molecular weight is 434 g/mol. The molecule has 1 aliphatic heterocycles. The van der Waals surface area contributed by atoms with Crippen LogP contribution in [0, 0.1) is 19.7 Å². The van der Waals surface area contributed by atoms with Gasteiger partial charge in [-0.15, -0.1) is 0 Å². The first-order valence-corrected chi connectivity index (χ1v) is 11.3. The molecule has 4 aromatic rings. The lowest BCUT2D eigenvalue weighted by Crippen LogP contribution is -2.22. The Bertz CT molecular complexity index is 1220. The summed E-state index contributed by atoms with van der Waals surface area (Å²) < 4.78 is 26.8. The summed E-state index contributed by atoms with van der Waals surface area (Å²) in [5.41, 5.74) is 6.23. The molecule has 0 N–H and O–H groups in total. The Balaban J connectivity index is 1.58. The molecule has 0 saturated carbocycles. The molecule has 5 nitrogen and oxygen atoms in total. The van der Waals surface area contributed by atoms with Crippen molar-refractivity contribution in [2.75, 3.05) is 13.2 Å². The van der Waals surface area contributed by atoms with E-state index in [4.69, 9.17) is 14.2 Å². The van der Waals surface area contributed by atoms with E-state index < -0.39 is 0 Å². The number of halogens is 1. The molecule has 0 bridgehead atoms. The Morgan fingerprint density at radius 1 is 1.09 bits per heavy atom. The van der Waals surface area contributed by atoms with Gasteiger partial charge in [0.2, 0.25) is 0 Å². The van der Waals surface area contributed by atoms with Crippen LogP contribution < -0.4 is 0 Å². The Morgan fingerprint density at radius 2 is 1.84 bits per heavy atom. The summed E-state index contributed by atoms with van der Waals surface area (Å²) in [5.74, 6) is 1.88. The zero-order valence-electron chi connectivity index (χ0n) is 18.8. The maximum atomic E-state index is 13.4. The van der Waals surface area contributed by atoms with E-state index in [0.717, 1.165) is 77.5 Å². The second-order valence-electron chi connectivity index (χ2n) is 8.82. The second kappa shape index (κ2) is 8.51. The van der Waals surface area contributed by atoms with Gasteiger partial charge in [0.15, 0.2) is 0 Å². The first-order valence-electron chi connectivity index (χ1n) is 11.3. The Morgan fingerprint density at radius 3 is 2.53 bits per heavy atom. The van der Waals surface area contributed by atoms with Crippen LogP contribution in [0.5, 0.6) is 0 Å². The van der Waals surface area contributed by atoms with Crippen molar-refractivity contribution in [2.24, 2.45) is 0 Å².